The molecule has 0 aliphatic rings. The lowest BCUT2D eigenvalue weighted by molar-refractivity contribution is 0.235. The van der Waals surface area contributed by atoms with E-state index < -0.39 is 0 Å². The SMILES string of the molecule is CC[C@H](CO)NCc1ccc(-c2cccc(OC)c2)o1. The molecular weight excluding hydrogens is 254 g/mol. The van der Waals surface area contributed by atoms with Crippen LogP contribution in [0.15, 0.2) is 40.8 Å². The largest absolute Gasteiger partial charge is 0.497 e. The first-order chi connectivity index (χ1) is 9.76. The maximum atomic E-state index is 9.14. The molecule has 0 aliphatic heterocycles. The Hall–Kier alpha value is -1.78. The molecule has 1 aromatic carbocycles. The Morgan fingerprint density at radius 2 is 2.15 bits per heavy atom. The molecule has 0 amide bonds. The van der Waals surface area contributed by atoms with Crippen LogP contribution in [0.4, 0.5) is 0 Å². The van der Waals surface area contributed by atoms with E-state index in [1.54, 1.807) is 7.11 Å². The van der Waals surface area contributed by atoms with Crippen LogP contribution in [0.3, 0.4) is 0 Å². The zero-order valence-electron chi connectivity index (χ0n) is 11.9. The second-order valence-corrected chi connectivity index (χ2v) is 4.67. The highest BCUT2D eigenvalue weighted by molar-refractivity contribution is 5.59. The number of ether oxygens (including phenoxy) is 1. The number of hydrogen-bond acceptors (Lipinski definition) is 4. The predicted octanol–water partition coefficient (Wildman–Crippen LogP) is 2.82. The van der Waals surface area contributed by atoms with E-state index in [4.69, 9.17) is 14.3 Å². The van der Waals surface area contributed by atoms with Crippen molar-refractivity contribution in [3.05, 3.63) is 42.2 Å². The van der Waals surface area contributed by atoms with Gasteiger partial charge < -0.3 is 19.6 Å². The zero-order valence-corrected chi connectivity index (χ0v) is 11.9. The summed E-state index contributed by atoms with van der Waals surface area (Å²) in [5.41, 5.74) is 0.991. The highest BCUT2D eigenvalue weighted by Gasteiger charge is 2.08. The van der Waals surface area contributed by atoms with E-state index in [1.807, 2.05) is 43.3 Å². The molecule has 1 aromatic heterocycles. The highest BCUT2D eigenvalue weighted by Crippen LogP contribution is 2.25. The molecule has 2 aromatic rings. The number of rotatable bonds is 7. The molecule has 1 heterocycles. The summed E-state index contributed by atoms with van der Waals surface area (Å²) < 4.78 is 11.0. The van der Waals surface area contributed by atoms with Crippen LogP contribution in [-0.2, 0) is 6.54 Å². The first kappa shape index (κ1) is 14.6. The van der Waals surface area contributed by atoms with Crippen LogP contribution in [0, 0.1) is 0 Å². The van der Waals surface area contributed by atoms with Crippen LogP contribution in [0.1, 0.15) is 19.1 Å². The van der Waals surface area contributed by atoms with Crippen LogP contribution >= 0.6 is 0 Å². The van der Waals surface area contributed by atoms with Crippen molar-refractivity contribution < 1.29 is 14.3 Å². The molecule has 1 atom stereocenters. The molecule has 2 N–H and O–H groups in total. The fourth-order valence-corrected chi connectivity index (χ4v) is 1.99. The molecule has 2 rings (SSSR count). The summed E-state index contributed by atoms with van der Waals surface area (Å²) in [6.45, 7) is 2.79. The van der Waals surface area contributed by atoms with E-state index >= 15 is 0 Å². The number of hydrogen-bond donors (Lipinski definition) is 2. The van der Waals surface area contributed by atoms with Gasteiger partial charge in [-0.3, -0.25) is 0 Å². The van der Waals surface area contributed by atoms with Gasteiger partial charge in [0.05, 0.1) is 20.3 Å². The summed E-state index contributed by atoms with van der Waals surface area (Å²) in [5, 5.41) is 12.4. The lowest BCUT2D eigenvalue weighted by Crippen LogP contribution is -2.30. The van der Waals surface area contributed by atoms with Gasteiger partial charge in [0.25, 0.3) is 0 Å². The van der Waals surface area contributed by atoms with E-state index in [0.717, 1.165) is 29.3 Å². The minimum atomic E-state index is 0.111. The molecule has 4 heteroatoms. The summed E-state index contributed by atoms with van der Waals surface area (Å²) in [6.07, 6.45) is 0.889. The summed E-state index contributed by atoms with van der Waals surface area (Å²) in [4.78, 5) is 0. The van der Waals surface area contributed by atoms with Gasteiger partial charge in [-0.1, -0.05) is 19.1 Å². The summed E-state index contributed by atoms with van der Waals surface area (Å²) in [7, 11) is 1.65. The molecule has 20 heavy (non-hydrogen) atoms. The van der Waals surface area contributed by atoms with Crippen molar-refractivity contribution in [3.63, 3.8) is 0 Å². The lowest BCUT2D eigenvalue weighted by Gasteiger charge is -2.12. The van der Waals surface area contributed by atoms with Gasteiger partial charge in [-0.2, -0.15) is 0 Å². The summed E-state index contributed by atoms with van der Waals surface area (Å²) in [5.74, 6) is 2.48. The third-order valence-corrected chi connectivity index (χ3v) is 3.29. The maximum absolute atomic E-state index is 9.14. The van der Waals surface area contributed by atoms with Crippen molar-refractivity contribution >= 4 is 0 Å². The quantitative estimate of drug-likeness (QED) is 0.816. The Kier molecular flexibility index (Phi) is 5.21. The minimum absolute atomic E-state index is 0.111. The van der Waals surface area contributed by atoms with Crippen molar-refractivity contribution in [1.29, 1.82) is 0 Å². The van der Waals surface area contributed by atoms with E-state index in [9.17, 15) is 0 Å². The van der Waals surface area contributed by atoms with Gasteiger partial charge in [0.1, 0.15) is 17.3 Å². The minimum Gasteiger partial charge on any atom is -0.497 e. The molecule has 0 aliphatic carbocycles. The monoisotopic (exact) mass is 275 g/mol. The lowest BCUT2D eigenvalue weighted by atomic mass is 10.2. The van der Waals surface area contributed by atoms with E-state index in [0.29, 0.717) is 6.54 Å². The van der Waals surface area contributed by atoms with Gasteiger partial charge in [-0.05, 0) is 30.7 Å². The normalized spacial score (nSPS) is 12.3. The Morgan fingerprint density at radius 3 is 2.85 bits per heavy atom. The third kappa shape index (κ3) is 3.62. The fourth-order valence-electron chi connectivity index (χ4n) is 1.99. The first-order valence-electron chi connectivity index (χ1n) is 6.84. The maximum Gasteiger partial charge on any atom is 0.134 e. The second-order valence-electron chi connectivity index (χ2n) is 4.67. The van der Waals surface area contributed by atoms with Crippen molar-refractivity contribution in [2.24, 2.45) is 0 Å². The van der Waals surface area contributed by atoms with E-state index in [2.05, 4.69) is 5.32 Å². The van der Waals surface area contributed by atoms with Crippen LogP contribution in [0.5, 0.6) is 5.75 Å². The smallest absolute Gasteiger partial charge is 0.134 e. The average molecular weight is 275 g/mol. The molecule has 4 nitrogen and oxygen atoms in total. The second kappa shape index (κ2) is 7.12. The van der Waals surface area contributed by atoms with Crippen molar-refractivity contribution in [2.45, 2.75) is 25.9 Å². The Bertz CT molecular complexity index is 532. The van der Waals surface area contributed by atoms with Gasteiger partial charge in [0, 0.05) is 11.6 Å². The highest BCUT2D eigenvalue weighted by atomic mass is 16.5. The third-order valence-electron chi connectivity index (χ3n) is 3.29. The molecule has 108 valence electrons. The standard InChI is InChI=1S/C16H21NO3/c1-3-13(11-18)17-10-15-7-8-16(20-15)12-5-4-6-14(9-12)19-2/h4-9,13,17-18H,3,10-11H2,1-2H3/t13-/m1/s1. The summed E-state index contributed by atoms with van der Waals surface area (Å²) >= 11 is 0. The Balaban J connectivity index is 2.04. The van der Waals surface area contributed by atoms with Crippen molar-refractivity contribution in [3.8, 4) is 17.1 Å². The molecule has 0 saturated carbocycles. The van der Waals surface area contributed by atoms with Gasteiger partial charge in [0.2, 0.25) is 0 Å². The van der Waals surface area contributed by atoms with Crippen LogP contribution in [0.25, 0.3) is 11.3 Å². The number of benzene rings is 1. The predicted molar refractivity (Wildman–Crippen MR) is 78.7 cm³/mol. The molecule has 0 radical (unpaired) electrons. The van der Waals surface area contributed by atoms with Crippen molar-refractivity contribution in [1.82, 2.24) is 5.32 Å². The fraction of sp³-hybridized carbons (Fsp3) is 0.375. The van der Waals surface area contributed by atoms with Crippen LogP contribution < -0.4 is 10.1 Å². The molecule has 0 spiro atoms. The van der Waals surface area contributed by atoms with E-state index in [1.165, 1.54) is 0 Å². The number of furan rings is 1. The van der Waals surface area contributed by atoms with Gasteiger partial charge >= 0.3 is 0 Å². The number of methoxy groups -OCH3 is 1. The van der Waals surface area contributed by atoms with E-state index in [-0.39, 0.29) is 12.6 Å². The molecule has 0 saturated heterocycles. The van der Waals surface area contributed by atoms with Crippen molar-refractivity contribution in [2.75, 3.05) is 13.7 Å². The molecule has 0 unspecified atom stereocenters. The topological polar surface area (TPSA) is 54.6 Å². The Morgan fingerprint density at radius 1 is 1.30 bits per heavy atom. The van der Waals surface area contributed by atoms with Crippen LogP contribution in [0.2, 0.25) is 0 Å². The number of aliphatic hydroxyl groups is 1. The average Bonchev–Trinajstić information content (AvgIpc) is 2.97. The summed E-state index contributed by atoms with van der Waals surface area (Å²) in [6, 6.07) is 11.8. The van der Waals surface area contributed by atoms with Gasteiger partial charge in [-0.25, -0.2) is 0 Å². The van der Waals surface area contributed by atoms with Crippen LogP contribution in [-0.4, -0.2) is 24.9 Å². The molecule has 0 fully saturated rings. The molecule has 0 bridgehead atoms. The first-order valence-corrected chi connectivity index (χ1v) is 6.84. The number of nitrogens with one attached hydrogen (secondary N) is 1. The molecular formula is C16H21NO3. The van der Waals surface area contributed by atoms with Gasteiger partial charge in [-0.15, -0.1) is 0 Å². The van der Waals surface area contributed by atoms with Gasteiger partial charge in [0.15, 0.2) is 0 Å². The number of aliphatic hydroxyl groups excluding tert-OH is 1. The zero-order chi connectivity index (χ0) is 14.4. The Labute approximate surface area is 119 Å².